The number of para-hydroxylation sites is 2. The van der Waals surface area contributed by atoms with Gasteiger partial charge in [-0.25, -0.2) is 38.7 Å². The molecule has 0 spiro atoms. The number of fused-ring (bicyclic) bond motifs is 9. The van der Waals surface area contributed by atoms with E-state index in [9.17, 15) is 28.8 Å². The number of nitrogens with zero attached hydrogens (tertiary/aromatic N) is 6. The summed E-state index contributed by atoms with van der Waals surface area (Å²) >= 11 is 0. The van der Waals surface area contributed by atoms with Crippen LogP contribution in [0.5, 0.6) is 34.5 Å². The lowest BCUT2D eigenvalue weighted by Crippen LogP contribution is -2.19. The fourth-order valence-corrected chi connectivity index (χ4v) is 12.3. The third kappa shape index (κ3) is 18.6. The Morgan fingerprint density at radius 1 is 0.259 bits per heavy atom. The average Bonchev–Trinajstić information content (AvgIpc) is 0.760. The number of ether oxygens (including phenoxy) is 6. The van der Waals surface area contributed by atoms with E-state index in [-0.39, 0.29) is 175 Å². The van der Waals surface area contributed by atoms with E-state index < -0.39 is 47.1 Å². The van der Waals surface area contributed by atoms with E-state index in [0.29, 0.717) is 68.4 Å². The second kappa shape index (κ2) is 35.3. The van der Waals surface area contributed by atoms with Crippen LogP contribution in [0.3, 0.4) is 0 Å². The zero-order valence-electron chi connectivity index (χ0n) is 66.2. The first-order chi connectivity index (χ1) is 55.7. The molecule has 0 radical (unpaired) electrons. The quantitative estimate of drug-likeness (QED) is 0.0228. The van der Waals surface area contributed by atoms with Crippen LogP contribution >= 0.6 is 0 Å². The molecule has 0 saturated carbocycles. The molecule has 0 aliphatic heterocycles. The van der Waals surface area contributed by atoms with Gasteiger partial charge in [-0.1, -0.05) is 132 Å². The van der Waals surface area contributed by atoms with Gasteiger partial charge < -0.3 is 60.3 Å². The molecule has 0 bridgehead atoms. The SMILES string of the molecule is CC(C)COc1cc(C(=O)Nc2ccccc2)nc2c1ccc1c(OCC(C)C)cc(C(=O)Nc3cccc(NC(=O)c4cc(OCC(C)C)c5ccc6c(OCC(C)C)cc(C(=O)Nc7cccc(NC(=O)c8cc(OCC(C)C)c9ccc%10c(OCC(C)C)cc(C(=O)Nc%11ccccc%11)nc%10c9n8)c7F)nc6c5n4)c3F)nc12. The summed E-state index contributed by atoms with van der Waals surface area (Å²) in [7, 11) is 0. The van der Waals surface area contributed by atoms with Crippen LogP contribution in [-0.4, -0.2) is 105 Å². The van der Waals surface area contributed by atoms with Crippen LogP contribution in [0.2, 0.25) is 0 Å². The molecule has 6 aromatic heterocycles. The number of hydrogen-bond acceptors (Lipinski definition) is 18. The first-order valence-corrected chi connectivity index (χ1v) is 38.4. The highest BCUT2D eigenvalue weighted by Crippen LogP contribution is 2.41. The molecule has 0 unspecified atom stereocenters. The van der Waals surface area contributed by atoms with Crippen LogP contribution in [0.25, 0.3) is 65.4 Å². The molecule has 6 N–H and O–H groups in total. The van der Waals surface area contributed by atoms with E-state index >= 15 is 8.78 Å². The monoisotopic (exact) mass is 1570 g/mol. The number of amides is 6. The third-order valence-corrected chi connectivity index (χ3v) is 17.9. The summed E-state index contributed by atoms with van der Waals surface area (Å²) in [4.78, 5) is 116. The summed E-state index contributed by atoms with van der Waals surface area (Å²) in [6, 6.07) is 45.2. The minimum Gasteiger partial charge on any atom is -0.493 e. The highest BCUT2D eigenvalue weighted by molar-refractivity contribution is 6.17. The van der Waals surface area contributed by atoms with E-state index in [4.69, 9.17) is 58.3 Å². The Morgan fingerprint density at radius 2 is 0.440 bits per heavy atom. The van der Waals surface area contributed by atoms with E-state index in [0.717, 1.165) is 0 Å². The summed E-state index contributed by atoms with van der Waals surface area (Å²) in [5.74, 6) is -4.70. The Labute approximate surface area is 667 Å². The Hall–Kier alpha value is -13.5. The van der Waals surface area contributed by atoms with Crippen LogP contribution in [0.15, 0.2) is 170 Å². The average molecular weight is 1570 g/mol. The van der Waals surface area contributed by atoms with Gasteiger partial charge >= 0.3 is 0 Å². The van der Waals surface area contributed by atoms with Crippen LogP contribution in [0.1, 0.15) is 146 Å². The summed E-state index contributed by atoms with van der Waals surface area (Å²) in [5.41, 5.74) is -0.202. The molecule has 13 rings (SSSR count). The van der Waals surface area contributed by atoms with Crippen molar-refractivity contribution in [2.24, 2.45) is 35.5 Å². The van der Waals surface area contributed by atoms with Crippen LogP contribution < -0.4 is 60.3 Å². The number of halogens is 2. The minimum atomic E-state index is -1.03. The molecule has 24 nitrogen and oxygen atoms in total. The molecule has 0 aliphatic rings. The third-order valence-electron chi connectivity index (χ3n) is 17.9. The number of carbonyl (C=O) groups excluding carboxylic acids is 6. The van der Waals surface area contributed by atoms with Crippen LogP contribution in [0, 0.1) is 47.1 Å². The van der Waals surface area contributed by atoms with Crippen molar-refractivity contribution in [3.05, 3.63) is 216 Å². The fraction of sp³-hybridized carbons (Fsp3) is 0.267. The Bertz CT molecular complexity index is 5610. The largest absolute Gasteiger partial charge is 0.493 e. The Morgan fingerprint density at radius 3 is 0.621 bits per heavy atom. The maximum absolute atomic E-state index is 17.2. The molecular formula is C90H88F2N12O12. The number of hydrogen-bond donors (Lipinski definition) is 6. The summed E-state index contributed by atoms with van der Waals surface area (Å²) in [6.07, 6.45) is 0. The van der Waals surface area contributed by atoms with E-state index in [1.165, 1.54) is 60.7 Å². The van der Waals surface area contributed by atoms with Crippen molar-refractivity contribution < 1.29 is 66.0 Å². The smallest absolute Gasteiger partial charge is 0.274 e. The number of aromatic nitrogens is 6. The van der Waals surface area contributed by atoms with E-state index in [2.05, 4.69) is 31.9 Å². The zero-order valence-corrected chi connectivity index (χ0v) is 66.2. The predicted molar refractivity (Wildman–Crippen MR) is 447 cm³/mol. The number of nitrogens with one attached hydrogen (secondary N) is 6. The number of carbonyl (C=O) groups is 6. The molecular weight excluding hydrogens is 1480 g/mol. The van der Waals surface area contributed by atoms with Gasteiger partial charge in [-0.2, -0.15) is 0 Å². The van der Waals surface area contributed by atoms with Gasteiger partial charge in [0.1, 0.15) is 102 Å². The van der Waals surface area contributed by atoms with Gasteiger partial charge in [0.05, 0.1) is 62.4 Å². The van der Waals surface area contributed by atoms with Crippen LogP contribution in [0.4, 0.5) is 42.9 Å². The molecule has 0 fully saturated rings. The van der Waals surface area contributed by atoms with Crippen LogP contribution in [-0.2, 0) is 0 Å². The Balaban J connectivity index is 0.807. The van der Waals surface area contributed by atoms with Crippen molar-refractivity contribution in [1.82, 2.24) is 29.9 Å². The van der Waals surface area contributed by atoms with Crippen molar-refractivity contribution in [3.8, 4) is 34.5 Å². The van der Waals surface area contributed by atoms with E-state index in [1.54, 1.807) is 97.1 Å². The molecule has 6 heterocycles. The van der Waals surface area contributed by atoms with Gasteiger partial charge in [-0.05, 0) is 120 Å². The highest BCUT2D eigenvalue weighted by atomic mass is 19.1. The zero-order chi connectivity index (χ0) is 82.2. The summed E-state index contributed by atoms with van der Waals surface area (Å²) in [6.45, 7) is 25.0. The highest BCUT2D eigenvalue weighted by Gasteiger charge is 2.28. The van der Waals surface area contributed by atoms with Crippen molar-refractivity contribution in [3.63, 3.8) is 0 Å². The topological polar surface area (TPSA) is 307 Å². The van der Waals surface area contributed by atoms with Crippen molar-refractivity contribution in [2.75, 3.05) is 71.5 Å². The lowest BCUT2D eigenvalue weighted by molar-refractivity contribution is 0.101. The molecule has 0 aliphatic carbocycles. The Kier molecular flexibility index (Phi) is 24.5. The fourth-order valence-electron chi connectivity index (χ4n) is 12.3. The summed E-state index contributed by atoms with van der Waals surface area (Å²) < 4.78 is 72.3. The predicted octanol–water partition coefficient (Wildman–Crippen LogP) is 19.0. The molecule has 0 atom stereocenters. The molecule has 13 aromatic rings. The van der Waals surface area contributed by atoms with Crippen molar-refractivity contribution in [2.45, 2.75) is 83.1 Å². The van der Waals surface area contributed by atoms with Crippen molar-refractivity contribution >= 4 is 135 Å². The maximum Gasteiger partial charge on any atom is 0.274 e. The normalized spacial score (nSPS) is 11.6. The number of pyridine rings is 6. The van der Waals surface area contributed by atoms with Gasteiger partial charge in [0.25, 0.3) is 35.4 Å². The number of rotatable bonds is 30. The standard InChI is InChI=1S/C90H88F2N12O12/c1-47(2)41-111-71-35-65(85(105)93-53-21-15-13-16-22-53)95-79-55(71)29-31-57-73(113-43-49(5)6)37-67(97-81(57)79)87(107)101-61-25-19-27-63(77(61)91)103-89(109)69-39-75(115-45-51(9)10)59-33-34-60-76(116-46-52(11)12)40-70(100-84(60)83(59)99-69)90(110)104-64-28-20-26-62(78(64)92)102-88(108)68-38-74(114-44-50(7)8)58-32-30-56-72(112-42-48(3)4)36-66(96-80(56)82(58)98-68)86(106)94-54-23-17-14-18-24-54/h13-40,47-52H,41-46H2,1-12H3,(H,93,105)(H,94,106)(H,101,107)(H,102,108)(H,103,109)(H,104,110). The molecule has 26 heteroatoms. The molecule has 594 valence electrons. The number of benzene rings is 7. The molecule has 116 heavy (non-hydrogen) atoms. The molecule has 6 amide bonds. The lowest BCUT2D eigenvalue weighted by Gasteiger charge is -2.17. The molecule has 7 aromatic carbocycles. The van der Waals surface area contributed by atoms with Gasteiger partial charge in [0.2, 0.25) is 0 Å². The first kappa shape index (κ1) is 80.5. The van der Waals surface area contributed by atoms with Crippen molar-refractivity contribution in [1.29, 1.82) is 0 Å². The first-order valence-electron chi connectivity index (χ1n) is 38.4. The molecule has 0 saturated heterocycles. The second-order valence-corrected chi connectivity index (χ2v) is 30.6. The second-order valence-electron chi connectivity index (χ2n) is 30.6. The summed E-state index contributed by atoms with van der Waals surface area (Å²) in [5, 5.41) is 19.0. The van der Waals surface area contributed by atoms with Gasteiger partial charge in [-0.3, -0.25) is 28.8 Å². The minimum absolute atomic E-state index is 0.0101. The van der Waals surface area contributed by atoms with Gasteiger partial charge in [0, 0.05) is 80.1 Å². The van der Waals surface area contributed by atoms with Gasteiger partial charge in [0.15, 0.2) is 11.6 Å². The van der Waals surface area contributed by atoms with Gasteiger partial charge in [-0.15, -0.1) is 0 Å². The maximum atomic E-state index is 17.2. The van der Waals surface area contributed by atoms with E-state index in [1.807, 2.05) is 95.2 Å². The number of anilines is 6. The lowest BCUT2D eigenvalue weighted by atomic mass is 10.1.